The van der Waals surface area contributed by atoms with Crippen LogP contribution in [0.5, 0.6) is 5.75 Å². The molecule has 0 aliphatic carbocycles. The highest BCUT2D eigenvalue weighted by molar-refractivity contribution is 5.33. The van der Waals surface area contributed by atoms with E-state index in [9.17, 15) is 5.11 Å². The molecule has 0 radical (unpaired) electrons. The number of benzene rings is 1. The summed E-state index contributed by atoms with van der Waals surface area (Å²) in [5.74, 6) is 0.926. The van der Waals surface area contributed by atoms with Crippen molar-refractivity contribution in [3.05, 3.63) is 29.8 Å². The van der Waals surface area contributed by atoms with E-state index in [0.29, 0.717) is 0 Å². The van der Waals surface area contributed by atoms with Crippen molar-refractivity contribution in [2.45, 2.75) is 37.5 Å². The Kier molecular flexibility index (Phi) is 5.92. The SMILES string of the molecule is OCC1(c2ccc(OCCCN3CCCC3)cc2)CCOCC1. The van der Waals surface area contributed by atoms with Gasteiger partial charge in [-0.2, -0.15) is 0 Å². The molecule has 4 heteroatoms. The van der Waals surface area contributed by atoms with E-state index in [1.54, 1.807) is 0 Å². The first-order chi connectivity index (χ1) is 11.3. The van der Waals surface area contributed by atoms with E-state index in [1.807, 2.05) is 12.1 Å². The maximum absolute atomic E-state index is 9.85. The van der Waals surface area contributed by atoms with E-state index in [0.717, 1.165) is 51.4 Å². The highest BCUT2D eigenvalue weighted by Crippen LogP contribution is 2.35. The molecule has 0 spiro atoms. The van der Waals surface area contributed by atoms with Crippen LogP contribution in [0.1, 0.15) is 37.7 Å². The third kappa shape index (κ3) is 4.25. The van der Waals surface area contributed by atoms with Crippen LogP contribution in [0.3, 0.4) is 0 Å². The first-order valence-electron chi connectivity index (χ1n) is 8.97. The lowest BCUT2D eigenvalue weighted by Crippen LogP contribution is -2.37. The lowest BCUT2D eigenvalue weighted by atomic mass is 9.75. The van der Waals surface area contributed by atoms with E-state index < -0.39 is 0 Å². The van der Waals surface area contributed by atoms with Crippen LogP contribution in [-0.2, 0) is 10.2 Å². The van der Waals surface area contributed by atoms with Gasteiger partial charge in [0, 0.05) is 25.2 Å². The molecular weight excluding hydrogens is 290 g/mol. The van der Waals surface area contributed by atoms with Gasteiger partial charge in [-0.05, 0) is 62.9 Å². The molecule has 2 aliphatic heterocycles. The summed E-state index contributed by atoms with van der Waals surface area (Å²) in [4.78, 5) is 2.52. The Morgan fingerprint density at radius 2 is 1.78 bits per heavy atom. The number of nitrogens with zero attached hydrogens (tertiary/aromatic N) is 1. The van der Waals surface area contributed by atoms with Crippen molar-refractivity contribution in [2.75, 3.05) is 46.1 Å². The van der Waals surface area contributed by atoms with Crippen LogP contribution < -0.4 is 4.74 Å². The average Bonchev–Trinajstić information content (AvgIpc) is 3.13. The van der Waals surface area contributed by atoms with E-state index in [2.05, 4.69) is 17.0 Å². The van der Waals surface area contributed by atoms with Crippen molar-refractivity contribution in [2.24, 2.45) is 0 Å². The number of hydrogen-bond donors (Lipinski definition) is 1. The van der Waals surface area contributed by atoms with Crippen LogP contribution in [-0.4, -0.2) is 56.1 Å². The summed E-state index contributed by atoms with van der Waals surface area (Å²) >= 11 is 0. The van der Waals surface area contributed by atoms with Crippen molar-refractivity contribution in [3.8, 4) is 5.75 Å². The van der Waals surface area contributed by atoms with E-state index in [4.69, 9.17) is 9.47 Å². The van der Waals surface area contributed by atoms with Crippen molar-refractivity contribution in [3.63, 3.8) is 0 Å². The second-order valence-electron chi connectivity index (χ2n) is 6.83. The summed E-state index contributed by atoms with van der Waals surface area (Å²) < 4.78 is 11.3. The zero-order valence-corrected chi connectivity index (χ0v) is 14.0. The van der Waals surface area contributed by atoms with E-state index in [-0.39, 0.29) is 12.0 Å². The topological polar surface area (TPSA) is 41.9 Å². The lowest BCUT2D eigenvalue weighted by molar-refractivity contribution is 0.0253. The third-order valence-corrected chi connectivity index (χ3v) is 5.31. The summed E-state index contributed by atoms with van der Waals surface area (Å²) in [6, 6.07) is 8.30. The van der Waals surface area contributed by atoms with Crippen LogP contribution >= 0.6 is 0 Å². The van der Waals surface area contributed by atoms with Gasteiger partial charge < -0.3 is 19.5 Å². The maximum Gasteiger partial charge on any atom is 0.119 e. The molecule has 0 aromatic heterocycles. The number of aliphatic hydroxyl groups excluding tert-OH is 1. The highest BCUT2D eigenvalue weighted by atomic mass is 16.5. The number of aliphatic hydroxyl groups is 1. The quantitative estimate of drug-likeness (QED) is 0.785. The number of likely N-dealkylation sites (tertiary alicyclic amines) is 1. The van der Waals surface area contributed by atoms with Crippen LogP contribution in [0, 0.1) is 0 Å². The van der Waals surface area contributed by atoms with Crippen molar-refractivity contribution >= 4 is 0 Å². The first-order valence-corrected chi connectivity index (χ1v) is 8.97. The third-order valence-electron chi connectivity index (χ3n) is 5.31. The zero-order valence-electron chi connectivity index (χ0n) is 14.0. The molecule has 0 amide bonds. The van der Waals surface area contributed by atoms with Gasteiger partial charge in [-0.1, -0.05) is 12.1 Å². The predicted octanol–water partition coefficient (Wildman–Crippen LogP) is 2.59. The lowest BCUT2D eigenvalue weighted by Gasteiger charge is -2.36. The molecule has 1 aromatic carbocycles. The van der Waals surface area contributed by atoms with Gasteiger partial charge >= 0.3 is 0 Å². The van der Waals surface area contributed by atoms with E-state index in [1.165, 1.54) is 31.5 Å². The molecule has 0 unspecified atom stereocenters. The molecule has 23 heavy (non-hydrogen) atoms. The van der Waals surface area contributed by atoms with Crippen LogP contribution in [0.25, 0.3) is 0 Å². The molecule has 2 aliphatic rings. The maximum atomic E-state index is 9.85. The zero-order chi connectivity index (χ0) is 16.0. The molecule has 2 fully saturated rings. The molecule has 0 saturated carbocycles. The molecule has 2 heterocycles. The van der Waals surface area contributed by atoms with Crippen LogP contribution in [0.2, 0.25) is 0 Å². The molecular formula is C19H29NO3. The molecule has 3 rings (SSSR count). The predicted molar refractivity (Wildman–Crippen MR) is 91.0 cm³/mol. The molecule has 0 atom stereocenters. The molecule has 1 aromatic rings. The Morgan fingerprint density at radius 1 is 1.09 bits per heavy atom. The van der Waals surface area contributed by atoms with Gasteiger partial charge in [0.05, 0.1) is 13.2 Å². The monoisotopic (exact) mass is 319 g/mol. The molecule has 4 nitrogen and oxygen atoms in total. The van der Waals surface area contributed by atoms with Gasteiger partial charge in [-0.3, -0.25) is 0 Å². The second-order valence-corrected chi connectivity index (χ2v) is 6.83. The number of rotatable bonds is 7. The fourth-order valence-electron chi connectivity index (χ4n) is 3.69. The van der Waals surface area contributed by atoms with Gasteiger partial charge in [0.1, 0.15) is 5.75 Å². The van der Waals surface area contributed by atoms with Crippen molar-refractivity contribution in [1.82, 2.24) is 4.90 Å². The fraction of sp³-hybridized carbons (Fsp3) is 0.684. The molecule has 128 valence electrons. The standard InChI is InChI=1S/C19H29NO3/c21-16-19(8-14-22-15-9-19)17-4-6-18(7-5-17)23-13-3-12-20-10-1-2-11-20/h4-7,21H,1-3,8-16H2. The highest BCUT2D eigenvalue weighted by Gasteiger charge is 2.33. The summed E-state index contributed by atoms with van der Waals surface area (Å²) in [6.07, 6.45) is 5.55. The minimum atomic E-state index is -0.132. The van der Waals surface area contributed by atoms with Gasteiger partial charge in [0.15, 0.2) is 0 Å². The Balaban J connectivity index is 1.48. The van der Waals surface area contributed by atoms with Gasteiger partial charge in [0.25, 0.3) is 0 Å². The summed E-state index contributed by atoms with van der Waals surface area (Å²) in [6.45, 7) is 6.07. The summed E-state index contributed by atoms with van der Waals surface area (Å²) in [5.41, 5.74) is 1.07. The van der Waals surface area contributed by atoms with E-state index >= 15 is 0 Å². The number of hydrogen-bond acceptors (Lipinski definition) is 4. The van der Waals surface area contributed by atoms with Crippen molar-refractivity contribution < 1.29 is 14.6 Å². The number of ether oxygens (including phenoxy) is 2. The Labute approximate surface area is 139 Å². The average molecular weight is 319 g/mol. The van der Waals surface area contributed by atoms with Crippen LogP contribution in [0.15, 0.2) is 24.3 Å². The van der Waals surface area contributed by atoms with Crippen LogP contribution in [0.4, 0.5) is 0 Å². The Morgan fingerprint density at radius 3 is 2.43 bits per heavy atom. The van der Waals surface area contributed by atoms with Gasteiger partial charge in [-0.25, -0.2) is 0 Å². The Bertz CT molecular complexity index is 462. The fourth-order valence-corrected chi connectivity index (χ4v) is 3.69. The molecule has 2 saturated heterocycles. The van der Waals surface area contributed by atoms with Crippen molar-refractivity contribution in [1.29, 1.82) is 0 Å². The first kappa shape index (κ1) is 16.7. The second kappa shape index (κ2) is 8.13. The molecule has 1 N–H and O–H groups in total. The molecule has 0 bridgehead atoms. The minimum absolute atomic E-state index is 0.132. The minimum Gasteiger partial charge on any atom is -0.494 e. The summed E-state index contributed by atoms with van der Waals surface area (Å²) in [5, 5.41) is 9.85. The largest absolute Gasteiger partial charge is 0.494 e. The Hall–Kier alpha value is -1.10. The normalized spacial score (nSPS) is 21.4. The van der Waals surface area contributed by atoms with Gasteiger partial charge in [-0.15, -0.1) is 0 Å². The van der Waals surface area contributed by atoms with Gasteiger partial charge in [0.2, 0.25) is 0 Å². The smallest absolute Gasteiger partial charge is 0.119 e. The summed E-state index contributed by atoms with van der Waals surface area (Å²) in [7, 11) is 0.